The fraction of sp³-hybridized carbons (Fsp3) is 0.391. The Balaban J connectivity index is 0.00000171. The summed E-state index contributed by atoms with van der Waals surface area (Å²) in [6.45, 7) is 5.20. The minimum Gasteiger partial charge on any atom is -0.457 e. The van der Waals surface area contributed by atoms with E-state index in [1.165, 1.54) is 0 Å². The molecule has 4 rings (SSSR count). The largest absolute Gasteiger partial charge is 0.457 e. The zero-order valence-corrected chi connectivity index (χ0v) is 19.3. The van der Waals surface area contributed by atoms with Gasteiger partial charge >= 0.3 is 5.69 Å². The molecule has 1 saturated heterocycles. The van der Waals surface area contributed by atoms with Crippen molar-refractivity contribution in [3.63, 3.8) is 0 Å². The van der Waals surface area contributed by atoms with Gasteiger partial charge in [0.1, 0.15) is 17.3 Å². The maximum absolute atomic E-state index is 12.9. The summed E-state index contributed by atoms with van der Waals surface area (Å²) in [7, 11) is 0. The van der Waals surface area contributed by atoms with Gasteiger partial charge in [0.15, 0.2) is 0 Å². The maximum Gasteiger partial charge on any atom is 0.346 e. The third kappa shape index (κ3) is 6.35. The highest BCUT2D eigenvalue weighted by Gasteiger charge is 2.19. The SMILES string of the molecule is CCn1c(CC2CCNCC2)nn(Cc2cccc(Oc3ccccc3)c2)c1=O.Cl.Cl. The van der Waals surface area contributed by atoms with Crippen molar-refractivity contribution in [3.8, 4) is 11.5 Å². The first-order valence-corrected chi connectivity index (χ1v) is 10.4. The van der Waals surface area contributed by atoms with E-state index in [0.717, 1.165) is 55.2 Å². The van der Waals surface area contributed by atoms with Crippen LogP contribution in [0, 0.1) is 5.92 Å². The molecule has 0 amide bonds. The van der Waals surface area contributed by atoms with Gasteiger partial charge in [0.2, 0.25) is 0 Å². The highest BCUT2D eigenvalue weighted by molar-refractivity contribution is 5.85. The van der Waals surface area contributed by atoms with Gasteiger partial charge in [-0.05, 0) is 68.6 Å². The van der Waals surface area contributed by atoms with E-state index < -0.39 is 0 Å². The Kier molecular flexibility index (Phi) is 9.62. The topological polar surface area (TPSA) is 61.1 Å². The predicted molar refractivity (Wildman–Crippen MR) is 128 cm³/mol. The Morgan fingerprint density at radius 1 is 1.03 bits per heavy atom. The molecule has 1 aromatic heterocycles. The molecular weight excluding hydrogens is 435 g/mol. The number of hydrogen-bond donors (Lipinski definition) is 1. The summed E-state index contributed by atoms with van der Waals surface area (Å²) in [5, 5.41) is 8.08. The van der Waals surface area contributed by atoms with Crippen LogP contribution in [0.2, 0.25) is 0 Å². The van der Waals surface area contributed by atoms with Crippen LogP contribution in [0.5, 0.6) is 11.5 Å². The number of para-hydroxylation sites is 1. The normalized spacial score (nSPS) is 13.8. The molecule has 1 N–H and O–H groups in total. The fourth-order valence-corrected chi connectivity index (χ4v) is 3.91. The van der Waals surface area contributed by atoms with Gasteiger partial charge < -0.3 is 10.1 Å². The van der Waals surface area contributed by atoms with Crippen LogP contribution >= 0.6 is 24.8 Å². The number of benzene rings is 2. The molecule has 2 aromatic carbocycles. The fourth-order valence-electron chi connectivity index (χ4n) is 3.91. The molecule has 1 fully saturated rings. The second-order valence-corrected chi connectivity index (χ2v) is 7.56. The first kappa shape index (κ1) is 25.0. The molecule has 0 radical (unpaired) electrons. The quantitative estimate of drug-likeness (QED) is 0.566. The second-order valence-electron chi connectivity index (χ2n) is 7.56. The zero-order chi connectivity index (χ0) is 20.1. The minimum absolute atomic E-state index is 0. The van der Waals surface area contributed by atoms with E-state index in [1.54, 1.807) is 4.68 Å². The van der Waals surface area contributed by atoms with E-state index in [-0.39, 0.29) is 30.5 Å². The predicted octanol–water partition coefficient (Wildman–Crippen LogP) is 4.29. The van der Waals surface area contributed by atoms with Gasteiger partial charge in [0.05, 0.1) is 6.54 Å². The standard InChI is InChI=1S/C23H28N4O2.2ClH/c1-2-26-22(16-18-11-13-24-14-12-18)25-27(23(26)28)17-19-7-6-10-21(15-19)29-20-8-4-3-5-9-20;;/h3-10,15,18,24H,2,11-14,16-17H2,1H3;2*1H. The van der Waals surface area contributed by atoms with Crippen LogP contribution in [-0.2, 0) is 19.5 Å². The number of piperidine rings is 1. The van der Waals surface area contributed by atoms with Gasteiger partial charge in [0, 0.05) is 13.0 Å². The van der Waals surface area contributed by atoms with Gasteiger partial charge in [-0.2, -0.15) is 5.10 Å². The summed E-state index contributed by atoms with van der Waals surface area (Å²) < 4.78 is 9.32. The third-order valence-corrected chi connectivity index (χ3v) is 5.46. The lowest BCUT2D eigenvalue weighted by molar-refractivity contribution is 0.362. The van der Waals surface area contributed by atoms with Gasteiger partial charge in [-0.15, -0.1) is 24.8 Å². The van der Waals surface area contributed by atoms with Crippen LogP contribution in [0.1, 0.15) is 31.2 Å². The summed E-state index contributed by atoms with van der Waals surface area (Å²) in [5.41, 5.74) is 0.959. The van der Waals surface area contributed by atoms with Crippen LogP contribution in [0.15, 0.2) is 59.4 Å². The molecule has 1 aliphatic heterocycles. The third-order valence-electron chi connectivity index (χ3n) is 5.46. The molecule has 3 aromatic rings. The number of nitrogens with one attached hydrogen (secondary N) is 1. The lowest BCUT2D eigenvalue weighted by Crippen LogP contribution is -2.30. The molecule has 0 unspecified atom stereocenters. The number of aromatic nitrogens is 3. The van der Waals surface area contributed by atoms with Crippen molar-refractivity contribution >= 4 is 24.8 Å². The van der Waals surface area contributed by atoms with E-state index in [4.69, 9.17) is 4.74 Å². The maximum atomic E-state index is 12.9. The summed E-state index contributed by atoms with van der Waals surface area (Å²) in [4.78, 5) is 12.9. The van der Waals surface area contributed by atoms with Gasteiger partial charge in [-0.1, -0.05) is 30.3 Å². The zero-order valence-electron chi connectivity index (χ0n) is 17.7. The number of rotatable bonds is 7. The van der Waals surface area contributed by atoms with E-state index in [2.05, 4.69) is 10.4 Å². The Hall–Kier alpha value is -2.28. The lowest BCUT2D eigenvalue weighted by atomic mass is 9.94. The smallest absolute Gasteiger partial charge is 0.346 e. The van der Waals surface area contributed by atoms with Crippen LogP contribution in [0.25, 0.3) is 0 Å². The average Bonchev–Trinajstić information content (AvgIpc) is 3.03. The van der Waals surface area contributed by atoms with E-state index in [9.17, 15) is 4.79 Å². The highest BCUT2D eigenvalue weighted by Crippen LogP contribution is 2.22. The molecule has 8 heteroatoms. The summed E-state index contributed by atoms with van der Waals surface area (Å²) in [5.74, 6) is 3.05. The molecule has 2 heterocycles. The Labute approximate surface area is 195 Å². The molecular formula is C23H30Cl2N4O2. The molecule has 31 heavy (non-hydrogen) atoms. The molecule has 6 nitrogen and oxygen atoms in total. The molecule has 168 valence electrons. The van der Waals surface area contributed by atoms with E-state index in [1.807, 2.05) is 66.1 Å². The number of ether oxygens (including phenoxy) is 1. The Morgan fingerprint density at radius 2 is 1.74 bits per heavy atom. The summed E-state index contributed by atoms with van der Waals surface area (Å²) in [6, 6.07) is 17.5. The van der Waals surface area contributed by atoms with Crippen LogP contribution in [-0.4, -0.2) is 27.4 Å². The van der Waals surface area contributed by atoms with Gasteiger partial charge in [0.25, 0.3) is 0 Å². The first-order chi connectivity index (χ1) is 14.2. The number of nitrogens with zero attached hydrogens (tertiary/aromatic N) is 3. The van der Waals surface area contributed by atoms with Crippen molar-refractivity contribution in [1.82, 2.24) is 19.7 Å². The van der Waals surface area contributed by atoms with Crippen molar-refractivity contribution < 1.29 is 4.74 Å². The van der Waals surface area contributed by atoms with Crippen LogP contribution in [0.4, 0.5) is 0 Å². The molecule has 0 bridgehead atoms. The number of hydrogen-bond acceptors (Lipinski definition) is 4. The molecule has 1 aliphatic rings. The Bertz CT molecular complexity index is 998. The molecule has 0 saturated carbocycles. The van der Waals surface area contributed by atoms with Crippen molar-refractivity contribution in [2.24, 2.45) is 5.92 Å². The Morgan fingerprint density at radius 3 is 2.45 bits per heavy atom. The van der Waals surface area contributed by atoms with Crippen molar-refractivity contribution in [2.75, 3.05) is 13.1 Å². The average molecular weight is 465 g/mol. The number of halogens is 2. The second kappa shape index (κ2) is 11.9. The van der Waals surface area contributed by atoms with Gasteiger partial charge in [-0.25, -0.2) is 9.48 Å². The van der Waals surface area contributed by atoms with Gasteiger partial charge in [-0.3, -0.25) is 4.57 Å². The molecule has 0 atom stereocenters. The van der Waals surface area contributed by atoms with Crippen molar-refractivity contribution in [1.29, 1.82) is 0 Å². The van der Waals surface area contributed by atoms with Crippen LogP contribution < -0.4 is 15.7 Å². The minimum atomic E-state index is -0.0363. The lowest BCUT2D eigenvalue weighted by Gasteiger charge is -2.21. The summed E-state index contributed by atoms with van der Waals surface area (Å²) >= 11 is 0. The molecule has 0 spiro atoms. The van der Waals surface area contributed by atoms with Crippen molar-refractivity contribution in [2.45, 2.75) is 39.3 Å². The summed E-state index contributed by atoms with van der Waals surface area (Å²) in [6.07, 6.45) is 3.15. The highest BCUT2D eigenvalue weighted by atomic mass is 35.5. The van der Waals surface area contributed by atoms with Crippen molar-refractivity contribution in [3.05, 3.63) is 76.5 Å². The van der Waals surface area contributed by atoms with Crippen LogP contribution in [0.3, 0.4) is 0 Å². The van der Waals surface area contributed by atoms with E-state index >= 15 is 0 Å². The van der Waals surface area contributed by atoms with E-state index in [0.29, 0.717) is 19.0 Å². The molecule has 0 aliphatic carbocycles. The monoisotopic (exact) mass is 464 g/mol. The first-order valence-electron chi connectivity index (χ1n) is 10.4.